The number of unbranched alkanes of at least 4 members (excludes halogenated alkanes) is 5. The molecule has 0 fully saturated rings. The number of carbonyl (C=O) groups excluding carboxylic acids is 1. The highest BCUT2D eigenvalue weighted by Gasteiger charge is 2.06. The third kappa shape index (κ3) is 6.70. The van der Waals surface area contributed by atoms with Crippen LogP contribution >= 0.6 is 0 Å². The Kier molecular flexibility index (Phi) is 7.47. The third-order valence-corrected chi connectivity index (χ3v) is 2.90. The maximum atomic E-state index is 11.7. The Morgan fingerprint density at radius 1 is 1.37 bits per heavy atom. The molecule has 0 atom stereocenters. The Morgan fingerprint density at radius 2 is 2.16 bits per heavy atom. The van der Waals surface area contributed by atoms with Crippen LogP contribution in [-0.4, -0.2) is 12.1 Å². The molecular formula is C15H24N3O+. The van der Waals surface area contributed by atoms with Crippen LogP contribution in [0.3, 0.4) is 0 Å². The Bertz CT molecular complexity index is 416. The molecule has 1 aromatic heterocycles. The van der Waals surface area contributed by atoms with Crippen molar-refractivity contribution in [2.75, 3.05) is 0 Å². The first-order chi connectivity index (χ1) is 9.24. The zero-order valence-electron chi connectivity index (χ0n) is 11.9. The van der Waals surface area contributed by atoms with Crippen LogP contribution in [0, 0.1) is 0 Å². The van der Waals surface area contributed by atoms with Gasteiger partial charge in [-0.25, -0.2) is 9.99 Å². The van der Waals surface area contributed by atoms with Crippen LogP contribution in [0.4, 0.5) is 0 Å². The minimum atomic E-state index is -0.168. The van der Waals surface area contributed by atoms with Crippen molar-refractivity contribution in [1.29, 1.82) is 0 Å². The largest absolute Gasteiger partial charge is 0.277 e. The molecule has 0 saturated carbocycles. The maximum absolute atomic E-state index is 11.7. The van der Waals surface area contributed by atoms with Gasteiger partial charge in [0, 0.05) is 12.3 Å². The van der Waals surface area contributed by atoms with E-state index in [2.05, 4.69) is 17.5 Å². The summed E-state index contributed by atoms with van der Waals surface area (Å²) in [6.07, 6.45) is 12.6. The summed E-state index contributed by atoms with van der Waals surface area (Å²) in [6, 6.07) is 3.61. The monoisotopic (exact) mass is 262 g/mol. The van der Waals surface area contributed by atoms with Crippen LogP contribution in [0.15, 0.2) is 29.6 Å². The highest BCUT2D eigenvalue weighted by atomic mass is 16.2. The van der Waals surface area contributed by atoms with Gasteiger partial charge in [0.15, 0.2) is 12.4 Å². The van der Waals surface area contributed by atoms with E-state index in [0.29, 0.717) is 5.56 Å². The molecule has 19 heavy (non-hydrogen) atoms. The highest BCUT2D eigenvalue weighted by Crippen LogP contribution is 2.03. The van der Waals surface area contributed by atoms with E-state index in [0.717, 1.165) is 12.8 Å². The molecule has 0 aromatic carbocycles. The molecule has 0 radical (unpaired) electrons. The molecule has 4 heteroatoms. The summed E-state index contributed by atoms with van der Waals surface area (Å²) in [7, 11) is 1.89. The molecular weight excluding hydrogens is 238 g/mol. The van der Waals surface area contributed by atoms with Crippen LogP contribution in [0.25, 0.3) is 0 Å². The molecule has 0 saturated heterocycles. The molecule has 4 nitrogen and oxygen atoms in total. The molecule has 1 rings (SSSR count). The van der Waals surface area contributed by atoms with Crippen molar-refractivity contribution in [3.8, 4) is 0 Å². The molecule has 0 aliphatic carbocycles. The van der Waals surface area contributed by atoms with Gasteiger partial charge in [-0.05, 0) is 18.9 Å². The van der Waals surface area contributed by atoms with Crippen molar-refractivity contribution in [3.63, 3.8) is 0 Å². The smallest absolute Gasteiger partial charge is 0.267 e. The van der Waals surface area contributed by atoms with E-state index in [1.165, 1.54) is 25.7 Å². The van der Waals surface area contributed by atoms with Crippen molar-refractivity contribution in [2.24, 2.45) is 12.1 Å². The quantitative estimate of drug-likeness (QED) is 0.333. The first kappa shape index (κ1) is 15.3. The zero-order valence-corrected chi connectivity index (χ0v) is 11.9. The Balaban J connectivity index is 2.19. The Hall–Kier alpha value is -1.71. The van der Waals surface area contributed by atoms with Gasteiger partial charge in [0.2, 0.25) is 0 Å². The second-order valence-electron chi connectivity index (χ2n) is 4.71. The number of nitrogens with one attached hydrogen (secondary N) is 1. The summed E-state index contributed by atoms with van der Waals surface area (Å²) in [5, 5.41) is 3.96. The van der Waals surface area contributed by atoms with E-state index in [1.807, 2.05) is 23.9 Å². The fraction of sp³-hybridized carbons (Fsp3) is 0.533. The molecule has 104 valence electrons. The zero-order chi connectivity index (χ0) is 13.9. The molecule has 0 aliphatic rings. The fourth-order valence-electron chi connectivity index (χ4n) is 1.79. The second-order valence-corrected chi connectivity index (χ2v) is 4.71. The minimum Gasteiger partial charge on any atom is -0.267 e. The van der Waals surface area contributed by atoms with E-state index >= 15 is 0 Å². The SMILES string of the molecule is CCCCCCCC=NNC(=O)c1ccc[n+](C)c1. The van der Waals surface area contributed by atoms with E-state index in [4.69, 9.17) is 0 Å². The van der Waals surface area contributed by atoms with E-state index in [-0.39, 0.29) is 5.91 Å². The van der Waals surface area contributed by atoms with Gasteiger partial charge in [-0.1, -0.05) is 32.6 Å². The molecule has 1 N–H and O–H groups in total. The Labute approximate surface area is 115 Å². The van der Waals surface area contributed by atoms with Gasteiger partial charge in [0.05, 0.1) is 0 Å². The molecule has 1 amide bonds. The molecule has 0 bridgehead atoms. The van der Waals surface area contributed by atoms with Gasteiger partial charge in [0.1, 0.15) is 12.6 Å². The van der Waals surface area contributed by atoms with Crippen molar-refractivity contribution >= 4 is 12.1 Å². The Morgan fingerprint density at radius 3 is 2.89 bits per heavy atom. The molecule has 0 aliphatic heterocycles. The van der Waals surface area contributed by atoms with Crippen LogP contribution in [-0.2, 0) is 7.05 Å². The van der Waals surface area contributed by atoms with Gasteiger partial charge < -0.3 is 0 Å². The summed E-state index contributed by atoms with van der Waals surface area (Å²) >= 11 is 0. The molecule has 0 unspecified atom stereocenters. The summed E-state index contributed by atoms with van der Waals surface area (Å²) in [5.41, 5.74) is 3.16. The average Bonchev–Trinajstić information content (AvgIpc) is 2.41. The number of nitrogens with zero attached hydrogens (tertiary/aromatic N) is 2. The average molecular weight is 262 g/mol. The summed E-state index contributed by atoms with van der Waals surface area (Å²) in [6.45, 7) is 2.21. The topological polar surface area (TPSA) is 45.3 Å². The summed E-state index contributed by atoms with van der Waals surface area (Å²) in [4.78, 5) is 11.7. The van der Waals surface area contributed by atoms with E-state index < -0.39 is 0 Å². The van der Waals surface area contributed by atoms with Crippen molar-refractivity contribution in [1.82, 2.24) is 5.43 Å². The number of amides is 1. The standard InChI is InChI=1S/C15H23N3O/c1-3-4-5-6-7-8-11-16-17-15(19)14-10-9-12-18(2)13-14/h9-13H,3-8H2,1-2H3/p+1. The van der Waals surface area contributed by atoms with Crippen molar-refractivity contribution in [2.45, 2.75) is 45.4 Å². The molecule has 1 aromatic rings. The molecule has 0 spiro atoms. The predicted octanol–water partition coefficient (Wildman–Crippen LogP) is 2.59. The van der Waals surface area contributed by atoms with Crippen LogP contribution in [0.2, 0.25) is 0 Å². The lowest BCUT2D eigenvalue weighted by Crippen LogP contribution is -2.29. The number of aromatic nitrogens is 1. The van der Waals surface area contributed by atoms with Gasteiger partial charge in [-0.15, -0.1) is 0 Å². The lowest BCUT2D eigenvalue weighted by atomic mass is 10.1. The summed E-state index contributed by atoms with van der Waals surface area (Å²) < 4.78 is 1.84. The molecule has 1 heterocycles. The number of pyridine rings is 1. The third-order valence-electron chi connectivity index (χ3n) is 2.90. The number of aryl methyl sites for hydroxylation is 1. The minimum absolute atomic E-state index is 0.168. The number of rotatable bonds is 8. The van der Waals surface area contributed by atoms with Gasteiger partial charge >= 0.3 is 0 Å². The van der Waals surface area contributed by atoms with Crippen LogP contribution in [0.5, 0.6) is 0 Å². The lowest BCUT2D eigenvalue weighted by Gasteiger charge is -1.98. The lowest BCUT2D eigenvalue weighted by molar-refractivity contribution is -0.671. The van der Waals surface area contributed by atoms with E-state index in [1.54, 1.807) is 18.5 Å². The van der Waals surface area contributed by atoms with Gasteiger partial charge in [-0.2, -0.15) is 5.10 Å². The first-order valence-corrected chi connectivity index (χ1v) is 7.01. The van der Waals surface area contributed by atoms with Gasteiger partial charge in [-0.3, -0.25) is 4.79 Å². The number of hydrogen-bond donors (Lipinski definition) is 1. The van der Waals surface area contributed by atoms with Crippen LogP contribution in [0.1, 0.15) is 55.8 Å². The normalized spacial score (nSPS) is 10.8. The van der Waals surface area contributed by atoms with E-state index in [9.17, 15) is 4.79 Å². The number of hydrogen-bond acceptors (Lipinski definition) is 2. The number of carbonyl (C=O) groups is 1. The van der Waals surface area contributed by atoms with Crippen LogP contribution < -0.4 is 9.99 Å². The maximum Gasteiger partial charge on any atom is 0.277 e. The van der Waals surface area contributed by atoms with Gasteiger partial charge in [0.25, 0.3) is 5.91 Å². The first-order valence-electron chi connectivity index (χ1n) is 7.01. The highest BCUT2D eigenvalue weighted by molar-refractivity contribution is 5.93. The predicted molar refractivity (Wildman–Crippen MR) is 77.0 cm³/mol. The fourth-order valence-corrected chi connectivity index (χ4v) is 1.79. The van der Waals surface area contributed by atoms with Crippen molar-refractivity contribution in [3.05, 3.63) is 30.1 Å². The number of hydrazone groups is 1. The summed E-state index contributed by atoms with van der Waals surface area (Å²) in [5.74, 6) is -0.168. The second kappa shape index (κ2) is 9.25. The van der Waals surface area contributed by atoms with Crippen molar-refractivity contribution < 1.29 is 9.36 Å².